The van der Waals surface area contributed by atoms with Crippen molar-refractivity contribution in [2.45, 2.75) is 108 Å². The number of halogens is 1. The van der Waals surface area contributed by atoms with Gasteiger partial charge in [-0.1, -0.05) is 212 Å². The van der Waals surface area contributed by atoms with E-state index in [1.807, 2.05) is 212 Å². The van der Waals surface area contributed by atoms with Crippen LogP contribution in [-0.4, -0.2) is 74.7 Å². The first-order valence-corrected chi connectivity index (χ1v) is 24.7. The van der Waals surface area contributed by atoms with Crippen molar-refractivity contribution in [3.8, 4) is 0 Å². The average molecular weight is 975 g/mol. The van der Waals surface area contributed by atoms with Gasteiger partial charge in [0.1, 0.15) is 48.8 Å². The van der Waals surface area contributed by atoms with Crippen LogP contribution in [0.15, 0.2) is 212 Å². The van der Waals surface area contributed by atoms with Crippen LogP contribution in [0.5, 0.6) is 0 Å². The van der Waals surface area contributed by atoms with Crippen LogP contribution in [0.1, 0.15) is 38.9 Å². The van der Waals surface area contributed by atoms with E-state index in [1.54, 1.807) is 0 Å². The van der Waals surface area contributed by atoms with E-state index in [-0.39, 0.29) is 52.9 Å². The van der Waals surface area contributed by atoms with Crippen molar-refractivity contribution < 1.29 is 51.8 Å². The molecule has 7 aromatic rings. The third kappa shape index (κ3) is 14.8. The lowest BCUT2D eigenvalue weighted by atomic mass is 9.97. The van der Waals surface area contributed by atoms with Crippen molar-refractivity contribution in [3.63, 3.8) is 0 Å². The molecule has 0 aromatic heterocycles. The number of benzene rings is 7. The van der Waals surface area contributed by atoms with Crippen molar-refractivity contribution in [1.82, 2.24) is 0 Å². The van der Waals surface area contributed by atoms with Gasteiger partial charge in [0.05, 0.1) is 59.5 Å². The summed E-state index contributed by atoms with van der Waals surface area (Å²) in [7, 11) is 0. The van der Waals surface area contributed by atoms with Gasteiger partial charge in [-0.25, -0.2) is 4.39 Å². The number of hydrogen-bond donors (Lipinski definition) is 0. The van der Waals surface area contributed by atoms with Gasteiger partial charge in [-0.2, -0.15) is 0 Å². The minimum Gasteiger partial charge on any atom is -0.374 e. The predicted molar refractivity (Wildman–Crippen MR) is 271 cm³/mol. The molecular formula is C61H63FO10. The largest absolute Gasteiger partial charge is 0.374 e. The minimum absolute atomic E-state index is 0.134. The molecule has 0 N–H and O–H groups in total. The minimum atomic E-state index is -1.91. The molecule has 0 spiro atoms. The monoisotopic (exact) mass is 974 g/mol. The van der Waals surface area contributed by atoms with E-state index in [4.69, 9.17) is 47.4 Å². The first-order valence-electron chi connectivity index (χ1n) is 24.7. The molecule has 2 fully saturated rings. The van der Waals surface area contributed by atoms with E-state index >= 15 is 4.39 Å². The third-order valence-corrected chi connectivity index (χ3v) is 12.7. The van der Waals surface area contributed by atoms with Gasteiger partial charge in [-0.15, -0.1) is 0 Å². The number of rotatable bonds is 25. The highest BCUT2D eigenvalue weighted by Gasteiger charge is 2.52. The van der Waals surface area contributed by atoms with Crippen LogP contribution < -0.4 is 0 Å². The second kappa shape index (κ2) is 27.2. The summed E-state index contributed by atoms with van der Waals surface area (Å²) in [5.74, 6) is 0. The fourth-order valence-corrected chi connectivity index (χ4v) is 8.94. The van der Waals surface area contributed by atoms with Gasteiger partial charge < -0.3 is 47.4 Å². The summed E-state index contributed by atoms with van der Waals surface area (Å²) in [6.45, 7) is 1.55. The smallest absolute Gasteiger partial charge is 0.228 e. The average Bonchev–Trinajstić information content (AvgIpc) is 3.44. The summed E-state index contributed by atoms with van der Waals surface area (Å²) in [4.78, 5) is 0. The molecule has 11 heteroatoms. The standard InChI is InChI=1S/C61H63FO10/c62-60-58(68-41-50-32-18-6-19-33-50)56(66-39-48-28-14-4-15-29-48)55(65-38-47-26-12-3-13-27-47)53(71-60)44-70-61-59(69-42-51-34-20-7-21-35-51)57(67-40-49-30-16-5-17-31-49)54(64-37-46-24-10-2-11-25-46)52(72-61)43-63-36-45-22-8-1-9-23-45/h1-35,52-61H,36-44H2/t52-,53-,54-,55-,56+,57+,58-,59-,60-,61-/m1/s1. The van der Waals surface area contributed by atoms with E-state index < -0.39 is 61.5 Å². The topological polar surface area (TPSA) is 92.3 Å². The Morgan fingerprint density at radius 1 is 0.278 bits per heavy atom. The fraction of sp³-hybridized carbons (Fsp3) is 0.311. The van der Waals surface area contributed by atoms with Crippen molar-refractivity contribution in [1.29, 1.82) is 0 Å². The summed E-state index contributed by atoms with van der Waals surface area (Å²) in [5, 5.41) is 0. The Kier molecular flexibility index (Phi) is 19.3. The number of ether oxygens (including phenoxy) is 10. The molecule has 72 heavy (non-hydrogen) atoms. The molecule has 2 aliphatic rings. The van der Waals surface area contributed by atoms with Crippen LogP contribution in [0, 0.1) is 0 Å². The highest BCUT2D eigenvalue weighted by Crippen LogP contribution is 2.35. The first-order chi connectivity index (χ1) is 35.6. The van der Waals surface area contributed by atoms with Gasteiger partial charge in [0.25, 0.3) is 0 Å². The molecule has 9 rings (SSSR count). The van der Waals surface area contributed by atoms with Gasteiger partial charge >= 0.3 is 0 Å². The lowest BCUT2D eigenvalue weighted by Crippen LogP contribution is -2.63. The van der Waals surface area contributed by atoms with Gasteiger partial charge in [0, 0.05) is 0 Å². The molecule has 2 heterocycles. The maximum absolute atomic E-state index is 17.0. The highest BCUT2D eigenvalue weighted by atomic mass is 19.1. The summed E-state index contributed by atoms with van der Waals surface area (Å²) < 4.78 is 84.2. The highest BCUT2D eigenvalue weighted by molar-refractivity contribution is 5.19. The molecule has 0 unspecified atom stereocenters. The summed E-state index contributed by atoms with van der Waals surface area (Å²) >= 11 is 0. The van der Waals surface area contributed by atoms with Crippen LogP contribution in [0.3, 0.4) is 0 Å². The third-order valence-electron chi connectivity index (χ3n) is 12.7. The maximum atomic E-state index is 17.0. The van der Waals surface area contributed by atoms with E-state index in [0.29, 0.717) is 6.61 Å². The Morgan fingerprint density at radius 3 is 0.917 bits per heavy atom. The van der Waals surface area contributed by atoms with Gasteiger partial charge in [0.2, 0.25) is 6.36 Å². The second-order valence-electron chi connectivity index (χ2n) is 18.0. The lowest BCUT2D eigenvalue weighted by Gasteiger charge is -2.47. The molecular weight excluding hydrogens is 912 g/mol. The van der Waals surface area contributed by atoms with E-state index in [0.717, 1.165) is 38.9 Å². The molecule has 0 radical (unpaired) electrons. The van der Waals surface area contributed by atoms with Gasteiger partial charge in [-0.05, 0) is 38.9 Å². The maximum Gasteiger partial charge on any atom is 0.228 e. The Morgan fingerprint density at radius 2 is 0.556 bits per heavy atom. The molecule has 2 saturated heterocycles. The predicted octanol–water partition coefficient (Wildman–Crippen LogP) is 11.2. The van der Waals surface area contributed by atoms with E-state index in [1.165, 1.54) is 0 Å². The molecule has 10 nitrogen and oxygen atoms in total. The summed E-state index contributed by atoms with van der Waals surface area (Å²) in [6.07, 6.45) is -9.93. The zero-order valence-corrected chi connectivity index (χ0v) is 40.3. The van der Waals surface area contributed by atoms with Crippen molar-refractivity contribution in [2.75, 3.05) is 13.2 Å². The van der Waals surface area contributed by atoms with Crippen LogP contribution >= 0.6 is 0 Å². The number of hydrogen-bond acceptors (Lipinski definition) is 10. The molecule has 0 amide bonds. The lowest BCUT2D eigenvalue weighted by molar-refractivity contribution is -0.344. The zero-order valence-electron chi connectivity index (χ0n) is 40.3. The van der Waals surface area contributed by atoms with Crippen LogP contribution in [-0.2, 0) is 93.6 Å². The molecule has 0 bridgehead atoms. The molecule has 0 saturated carbocycles. The van der Waals surface area contributed by atoms with E-state index in [9.17, 15) is 0 Å². The van der Waals surface area contributed by atoms with Gasteiger partial charge in [0.15, 0.2) is 6.29 Å². The Balaban J connectivity index is 1.04. The van der Waals surface area contributed by atoms with E-state index in [2.05, 4.69) is 0 Å². The Hall–Kier alpha value is -5.93. The molecule has 374 valence electrons. The quantitative estimate of drug-likeness (QED) is 0.0551. The summed E-state index contributed by atoms with van der Waals surface area (Å²) in [6, 6.07) is 69.0. The van der Waals surface area contributed by atoms with Crippen molar-refractivity contribution in [2.24, 2.45) is 0 Å². The second-order valence-corrected chi connectivity index (χ2v) is 18.0. The normalized spacial score (nSPS) is 24.2. The Labute approximate surface area is 422 Å². The van der Waals surface area contributed by atoms with Crippen LogP contribution in [0.25, 0.3) is 0 Å². The zero-order chi connectivity index (χ0) is 49.0. The SMILES string of the molecule is F[C@@H]1O[C@H](CO[C@@H]2O[C@H](COCc3ccccc3)[C@@H](OCc3ccccc3)[C@H](OCc3ccccc3)[C@H]2OCc2ccccc2)[C@@H](OCc2ccccc2)[C@H](OCc2ccccc2)[C@H]1OCc1ccccc1. The summed E-state index contributed by atoms with van der Waals surface area (Å²) in [5.41, 5.74) is 6.62. The van der Waals surface area contributed by atoms with Crippen molar-refractivity contribution >= 4 is 0 Å². The van der Waals surface area contributed by atoms with Crippen molar-refractivity contribution in [3.05, 3.63) is 251 Å². The first kappa shape index (κ1) is 51.0. The van der Waals surface area contributed by atoms with Gasteiger partial charge in [-0.3, -0.25) is 0 Å². The molecule has 10 atom stereocenters. The van der Waals surface area contributed by atoms with Crippen LogP contribution in [0.4, 0.5) is 4.39 Å². The number of alkyl halides is 1. The van der Waals surface area contributed by atoms with Crippen LogP contribution in [0.2, 0.25) is 0 Å². The fourth-order valence-electron chi connectivity index (χ4n) is 8.94. The molecule has 2 aliphatic heterocycles. The Bertz CT molecular complexity index is 2550. The molecule has 0 aliphatic carbocycles. The molecule has 7 aromatic carbocycles.